The smallest absolute Gasteiger partial charge is 0.166 e. The Morgan fingerprint density at radius 1 is 1.06 bits per heavy atom. The van der Waals surface area contributed by atoms with Crippen LogP contribution < -0.4 is 10.6 Å². The van der Waals surface area contributed by atoms with Gasteiger partial charge >= 0.3 is 0 Å². The largest absolute Gasteiger partial charge is 0.381 e. The summed E-state index contributed by atoms with van der Waals surface area (Å²) in [5.41, 5.74) is 4.23. The first-order chi connectivity index (χ1) is 16.3. The molecule has 2 aliphatic heterocycles. The predicted octanol–water partition coefficient (Wildman–Crippen LogP) is 5.98. The molecule has 1 atom stereocenters. The number of hydrogen-bond donors (Lipinski definition) is 1. The summed E-state index contributed by atoms with van der Waals surface area (Å²) in [5, 5.41) is 4.71. The van der Waals surface area contributed by atoms with E-state index in [0.29, 0.717) is 16.7 Å². The number of ether oxygens (including phenoxy) is 2. The molecule has 0 aliphatic carbocycles. The molecule has 2 aromatic heterocycles. The lowest BCUT2D eigenvalue weighted by molar-refractivity contribution is -0.0309. The zero-order chi connectivity index (χ0) is 23.9. The van der Waals surface area contributed by atoms with Crippen LogP contribution in [0.3, 0.4) is 0 Å². The normalized spacial score (nSPS) is 20.1. The molecule has 7 nitrogen and oxygen atoms in total. The van der Waals surface area contributed by atoms with Gasteiger partial charge in [-0.3, -0.25) is 4.57 Å². The number of nitrogens with one attached hydrogen (secondary N) is 1. The van der Waals surface area contributed by atoms with Gasteiger partial charge in [-0.15, -0.1) is 0 Å². The van der Waals surface area contributed by atoms with Gasteiger partial charge in [-0.25, -0.2) is 9.97 Å². The topological polar surface area (TPSA) is 78.3 Å². The molecule has 2 fully saturated rings. The van der Waals surface area contributed by atoms with E-state index in [1.54, 1.807) is 6.07 Å². The zero-order valence-electron chi connectivity index (χ0n) is 20.0. The van der Waals surface area contributed by atoms with Crippen molar-refractivity contribution in [2.45, 2.75) is 51.2 Å². The first-order valence-corrected chi connectivity index (χ1v) is 15.0. The molecule has 1 unspecified atom stereocenters. The quantitative estimate of drug-likeness (QED) is 0.341. The van der Waals surface area contributed by atoms with Gasteiger partial charge in [0.25, 0.3) is 0 Å². The molecule has 1 N–H and O–H groups in total. The number of nitrogens with zero attached hydrogens (tertiary/aromatic N) is 3. The molecular formula is C25H32ClN4O3P. The number of benzene rings is 1. The molecule has 3 aromatic rings. The van der Waals surface area contributed by atoms with Gasteiger partial charge in [0.1, 0.15) is 29.9 Å². The predicted molar refractivity (Wildman–Crippen MR) is 138 cm³/mol. The lowest BCUT2D eigenvalue weighted by Gasteiger charge is -2.25. The van der Waals surface area contributed by atoms with Crippen molar-refractivity contribution < 1.29 is 14.0 Å². The fourth-order valence-electron chi connectivity index (χ4n) is 5.04. The molecule has 0 radical (unpaired) electrons. The van der Waals surface area contributed by atoms with Gasteiger partial charge in [-0.1, -0.05) is 17.7 Å². The van der Waals surface area contributed by atoms with E-state index in [9.17, 15) is 4.57 Å². The summed E-state index contributed by atoms with van der Waals surface area (Å²) in [6.07, 6.45) is 5.01. The third kappa shape index (κ3) is 4.76. The summed E-state index contributed by atoms with van der Waals surface area (Å²) in [6.45, 7) is 7.88. The fraction of sp³-hybridized carbons (Fsp3) is 0.520. The van der Waals surface area contributed by atoms with Crippen LogP contribution in [-0.4, -0.2) is 47.7 Å². The summed E-state index contributed by atoms with van der Waals surface area (Å²) in [4.78, 5) is 9.42. The Morgan fingerprint density at radius 3 is 2.56 bits per heavy atom. The van der Waals surface area contributed by atoms with Gasteiger partial charge in [-0.2, -0.15) is 0 Å². The Balaban J connectivity index is 1.55. The highest BCUT2D eigenvalue weighted by Gasteiger charge is 2.25. The summed E-state index contributed by atoms with van der Waals surface area (Å²) >= 11 is 6.47. The average Bonchev–Trinajstić information content (AvgIpc) is 3.15. The highest BCUT2D eigenvalue weighted by molar-refractivity contribution is 7.70. The first-order valence-electron chi connectivity index (χ1n) is 12.0. The number of anilines is 2. The SMILES string of the molecule is Cc1nc2c(Nc3ccc(C4CCOCC4)cc3P(C)(C)=O)cc(Cl)nc2n1C1CCCCO1. The molecule has 4 heterocycles. The van der Waals surface area contributed by atoms with Crippen molar-refractivity contribution in [2.75, 3.05) is 38.5 Å². The molecule has 182 valence electrons. The Labute approximate surface area is 205 Å². The van der Waals surface area contributed by atoms with Crippen molar-refractivity contribution in [3.05, 3.63) is 40.8 Å². The van der Waals surface area contributed by atoms with E-state index in [0.717, 1.165) is 79.9 Å². The van der Waals surface area contributed by atoms with Gasteiger partial charge in [0.2, 0.25) is 0 Å². The number of aryl methyl sites for hydroxylation is 1. The molecular weight excluding hydrogens is 471 g/mol. The van der Waals surface area contributed by atoms with E-state index in [1.807, 2.05) is 30.9 Å². The maximum atomic E-state index is 13.3. The van der Waals surface area contributed by atoms with Crippen LogP contribution in [0, 0.1) is 6.92 Å². The van der Waals surface area contributed by atoms with E-state index < -0.39 is 7.14 Å². The molecule has 1 aromatic carbocycles. The van der Waals surface area contributed by atoms with Crippen LogP contribution in [0.25, 0.3) is 11.2 Å². The second-order valence-electron chi connectivity index (χ2n) is 9.65. The van der Waals surface area contributed by atoms with Gasteiger partial charge in [0.15, 0.2) is 5.65 Å². The number of imidazole rings is 1. The van der Waals surface area contributed by atoms with E-state index in [2.05, 4.69) is 22.4 Å². The molecule has 34 heavy (non-hydrogen) atoms. The Kier molecular flexibility index (Phi) is 6.73. The van der Waals surface area contributed by atoms with Crippen molar-refractivity contribution in [3.63, 3.8) is 0 Å². The second kappa shape index (κ2) is 9.62. The van der Waals surface area contributed by atoms with Crippen LogP contribution >= 0.6 is 18.7 Å². The van der Waals surface area contributed by atoms with Crippen LogP contribution in [0.5, 0.6) is 0 Å². The van der Waals surface area contributed by atoms with E-state index in [-0.39, 0.29) is 6.23 Å². The molecule has 0 bridgehead atoms. The van der Waals surface area contributed by atoms with Crippen molar-refractivity contribution in [3.8, 4) is 0 Å². The standard InChI is InChI=1S/C25H32ClN4O3P/c1-16-27-24-20(15-22(26)29-25(24)30(16)23-6-4-5-11-33-23)28-19-8-7-18(14-21(19)34(2,3)31)17-9-12-32-13-10-17/h7-8,14-15,17,23H,4-6,9-13H2,1-3H3,(H,28,29). The lowest BCUT2D eigenvalue weighted by Crippen LogP contribution is -2.19. The lowest BCUT2D eigenvalue weighted by atomic mass is 9.91. The number of fused-ring (bicyclic) bond motifs is 1. The van der Waals surface area contributed by atoms with Crippen molar-refractivity contribution in [2.24, 2.45) is 0 Å². The molecule has 0 saturated carbocycles. The molecule has 5 rings (SSSR count). The minimum atomic E-state index is -2.56. The highest BCUT2D eigenvalue weighted by atomic mass is 35.5. The molecule has 2 aliphatic rings. The van der Waals surface area contributed by atoms with Crippen LogP contribution in [0.15, 0.2) is 24.3 Å². The van der Waals surface area contributed by atoms with Crippen molar-refractivity contribution in [1.29, 1.82) is 0 Å². The Bertz CT molecular complexity index is 1240. The number of hydrogen-bond acceptors (Lipinski definition) is 6. The minimum absolute atomic E-state index is 0.0848. The maximum absolute atomic E-state index is 13.3. The molecule has 0 amide bonds. The number of rotatable bonds is 5. The van der Waals surface area contributed by atoms with Gasteiger partial charge in [0.05, 0.1) is 5.69 Å². The number of halogens is 1. The van der Waals surface area contributed by atoms with Crippen LogP contribution in [0.1, 0.15) is 55.6 Å². The molecule has 2 saturated heterocycles. The van der Waals surface area contributed by atoms with E-state index in [1.165, 1.54) is 5.56 Å². The minimum Gasteiger partial charge on any atom is -0.381 e. The van der Waals surface area contributed by atoms with E-state index in [4.69, 9.17) is 26.1 Å². The monoisotopic (exact) mass is 502 g/mol. The zero-order valence-corrected chi connectivity index (χ0v) is 21.7. The summed E-state index contributed by atoms with van der Waals surface area (Å²) in [5.74, 6) is 1.27. The second-order valence-corrected chi connectivity index (χ2v) is 13.2. The average molecular weight is 503 g/mol. The van der Waals surface area contributed by atoms with Crippen LogP contribution in [-0.2, 0) is 14.0 Å². The highest BCUT2D eigenvalue weighted by Crippen LogP contribution is 2.41. The van der Waals surface area contributed by atoms with E-state index >= 15 is 0 Å². The third-order valence-corrected chi connectivity index (χ3v) is 8.53. The summed E-state index contributed by atoms with van der Waals surface area (Å²) in [7, 11) is -2.56. The van der Waals surface area contributed by atoms with Gasteiger partial charge in [-0.05, 0) is 76.0 Å². The van der Waals surface area contributed by atoms with Crippen LogP contribution in [0.2, 0.25) is 5.15 Å². The molecule has 9 heteroatoms. The first kappa shape index (κ1) is 23.8. The fourth-order valence-corrected chi connectivity index (χ4v) is 6.40. The Morgan fingerprint density at radius 2 is 1.85 bits per heavy atom. The van der Waals surface area contributed by atoms with Gasteiger partial charge < -0.3 is 19.4 Å². The molecule has 0 spiro atoms. The van der Waals surface area contributed by atoms with Gasteiger partial charge in [0, 0.05) is 36.9 Å². The van der Waals surface area contributed by atoms with Crippen molar-refractivity contribution >= 4 is 46.6 Å². The maximum Gasteiger partial charge on any atom is 0.166 e. The number of pyridine rings is 1. The van der Waals surface area contributed by atoms with Crippen LogP contribution in [0.4, 0.5) is 11.4 Å². The third-order valence-electron chi connectivity index (χ3n) is 6.80. The summed E-state index contributed by atoms with van der Waals surface area (Å²) in [6, 6.07) is 8.07. The summed E-state index contributed by atoms with van der Waals surface area (Å²) < 4.78 is 26.9. The van der Waals surface area contributed by atoms with Crippen molar-refractivity contribution in [1.82, 2.24) is 14.5 Å². The number of aromatic nitrogens is 3. The Hall–Kier alpha value is -1.92.